The maximum atomic E-state index is 5.17. The van der Waals surface area contributed by atoms with Crippen LogP contribution in [0.2, 0.25) is 0 Å². The van der Waals surface area contributed by atoms with E-state index in [-0.39, 0.29) is 0 Å². The first kappa shape index (κ1) is 12.9. The van der Waals surface area contributed by atoms with Crippen LogP contribution in [-0.4, -0.2) is 50.3 Å². The van der Waals surface area contributed by atoms with Crippen molar-refractivity contribution < 1.29 is 4.74 Å². The van der Waals surface area contributed by atoms with Gasteiger partial charge in [0.05, 0.1) is 6.61 Å². The van der Waals surface area contributed by atoms with Crippen molar-refractivity contribution in [2.75, 3.05) is 33.4 Å². The first-order chi connectivity index (χ1) is 7.27. The van der Waals surface area contributed by atoms with Gasteiger partial charge in [-0.25, -0.2) is 0 Å². The molecule has 1 aliphatic rings. The maximum Gasteiger partial charge on any atom is 0.0589 e. The van der Waals surface area contributed by atoms with Crippen molar-refractivity contribution in [3.63, 3.8) is 0 Å². The molecule has 0 aromatic carbocycles. The second-order valence-corrected chi connectivity index (χ2v) is 4.57. The summed E-state index contributed by atoms with van der Waals surface area (Å²) in [5, 5.41) is 3.64. The lowest BCUT2D eigenvalue weighted by atomic mass is 10.1. The molecule has 3 nitrogen and oxygen atoms in total. The first-order valence-electron chi connectivity index (χ1n) is 6.24. The molecular weight excluding hydrogens is 188 g/mol. The molecule has 3 heteroatoms. The van der Waals surface area contributed by atoms with E-state index < -0.39 is 0 Å². The topological polar surface area (TPSA) is 24.5 Å². The van der Waals surface area contributed by atoms with Gasteiger partial charge in [0, 0.05) is 32.3 Å². The maximum absolute atomic E-state index is 5.17. The Morgan fingerprint density at radius 1 is 1.47 bits per heavy atom. The Hall–Kier alpha value is -0.120. The highest BCUT2D eigenvalue weighted by molar-refractivity contribution is 4.80. The fourth-order valence-electron chi connectivity index (χ4n) is 2.27. The van der Waals surface area contributed by atoms with Gasteiger partial charge in [-0.2, -0.15) is 0 Å². The summed E-state index contributed by atoms with van der Waals surface area (Å²) in [7, 11) is 1.78. The van der Waals surface area contributed by atoms with Crippen LogP contribution in [0.5, 0.6) is 0 Å². The molecule has 1 fully saturated rings. The van der Waals surface area contributed by atoms with Gasteiger partial charge in [0.25, 0.3) is 0 Å². The van der Waals surface area contributed by atoms with Crippen LogP contribution in [-0.2, 0) is 4.74 Å². The first-order valence-corrected chi connectivity index (χ1v) is 6.24. The Morgan fingerprint density at radius 2 is 2.27 bits per heavy atom. The van der Waals surface area contributed by atoms with Crippen molar-refractivity contribution in [3.8, 4) is 0 Å². The summed E-state index contributed by atoms with van der Waals surface area (Å²) in [5.41, 5.74) is 0. The Labute approximate surface area is 94.2 Å². The molecule has 1 rings (SSSR count). The lowest BCUT2D eigenvalue weighted by molar-refractivity contribution is 0.122. The minimum atomic E-state index is 0.678. The van der Waals surface area contributed by atoms with E-state index >= 15 is 0 Å². The molecule has 1 N–H and O–H groups in total. The third kappa shape index (κ3) is 4.49. The predicted octanol–water partition coefficient (Wildman–Crippen LogP) is 1.49. The van der Waals surface area contributed by atoms with Crippen molar-refractivity contribution in [3.05, 3.63) is 0 Å². The molecular formula is C12H26N2O. The van der Waals surface area contributed by atoms with Gasteiger partial charge in [-0.3, -0.25) is 4.90 Å². The molecule has 2 atom stereocenters. The molecule has 90 valence electrons. The van der Waals surface area contributed by atoms with E-state index in [2.05, 4.69) is 24.1 Å². The highest BCUT2D eigenvalue weighted by Crippen LogP contribution is 2.11. The van der Waals surface area contributed by atoms with Gasteiger partial charge in [-0.1, -0.05) is 13.3 Å². The lowest BCUT2D eigenvalue weighted by Gasteiger charge is -2.28. The zero-order chi connectivity index (χ0) is 11.1. The number of nitrogens with zero attached hydrogens (tertiary/aromatic N) is 1. The van der Waals surface area contributed by atoms with Crippen LogP contribution in [0.1, 0.15) is 33.1 Å². The van der Waals surface area contributed by atoms with Crippen LogP contribution in [0.4, 0.5) is 0 Å². The molecule has 0 radical (unpaired) electrons. The van der Waals surface area contributed by atoms with E-state index in [0.717, 1.165) is 19.7 Å². The van der Waals surface area contributed by atoms with Gasteiger partial charge in [0.2, 0.25) is 0 Å². The van der Waals surface area contributed by atoms with Gasteiger partial charge in [-0.15, -0.1) is 0 Å². The Bertz CT molecular complexity index is 164. The summed E-state index contributed by atoms with van der Waals surface area (Å²) in [5.74, 6) is 0. The molecule has 0 amide bonds. The molecule has 1 heterocycles. The molecule has 0 aromatic rings. The van der Waals surface area contributed by atoms with Gasteiger partial charge >= 0.3 is 0 Å². The van der Waals surface area contributed by atoms with Crippen molar-refractivity contribution >= 4 is 0 Å². The number of hydrogen-bond donors (Lipinski definition) is 1. The lowest BCUT2D eigenvalue weighted by Crippen LogP contribution is -2.41. The Morgan fingerprint density at radius 3 is 2.93 bits per heavy atom. The quantitative estimate of drug-likeness (QED) is 0.750. The smallest absolute Gasteiger partial charge is 0.0589 e. The normalized spacial score (nSPS) is 29.0. The van der Waals surface area contributed by atoms with Gasteiger partial charge < -0.3 is 10.1 Å². The molecule has 0 aliphatic carbocycles. The molecule has 0 bridgehead atoms. The minimum Gasteiger partial charge on any atom is -0.383 e. The van der Waals surface area contributed by atoms with E-state index in [4.69, 9.17) is 4.74 Å². The largest absolute Gasteiger partial charge is 0.383 e. The molecule has 0 aromatic heterocycles. The summed E-state index contributed by atoms with van der Waals surface area (Å²) in [6.07, 6.45) is 3.81. The van der Waals surface area contributed by atoms with E-state index in [9.17, 15) is 0 Å². The molecule has 1 aliphatic heterocycles. The van der Waals surface area contributed by atoms with Crippen molar-refractivity contribution in [1.82, 2.24) is 10.2 Å². The monoisotopic (exact) mass is 214 g/mol. The highest BCUT2D eigenvalue weighted by atomic mass is 16.5. The number of hydrogen-bond acceptors (Lipinski definition) is 3. The number of methoxy groups -OCH3 is 1. The predicted molar refractivity (Wildman–Crippen MR) is 64.2 cm³/mol. The number of ether oxygens (including phenoxy) is 1. The number of nitrogens with one attached hydrogen (secondary N) is 1. The highest BCUT2D eigenvalue weighted by Gasteiger charge is 2.21. The summed E-state index contributed by atoms with van der Waals surface area (Å²) in [6, 6.07) is 1.37. The molecule has 1 saturated heterocycles. The number of rotatable bonds is 5. The van der Waals surface area contributed by atoms with Crippen LogP contribution >= 0.6 is 0 Å². The fourth-order valence-corrected chi connectivity index (χ4v) is 2.27. The average molecular weight is 214 g/mol. The van der Waals surface area contributed by atoms with Crippen molar-refractivity contribution in [2.24, 2.45) is 0 Å². The van der Waals surface area contributed by atoms with Crippen LogP contribution in [0.15, 0.2) is 0 Å². The Balaban J connectivity index is 2.41. The summed E-state index contributed by atoms with van der Waals surface area (Å²) < 4.78 is 5.17. The summed E-state index contributed by atoms with van der Waals surface area (Å²) in [4.78, 5) is 2.56. The van der Waals surface area contributed by atoms with Gasteiger partial charge in [0.15, 0.2) is 0 Å². The fraction of sp³-hybridized carbons (Fsp3) is 1.00. The van der Waals surface area contributed by atoms with E-state index in [0.29, 0.717) is 12.1 Å². The van der Waals surface area contributed by atoms with Gasteiger partial charge in [0.1, 0.15) is 0 Å². The van der Waals surface area contributed by atoms with Crippen LogP contribution in [0, 0.1) is 0 Å². The molecule has 0 spiro atoms. The average Bonchev–Trinajstić information content (AvgIpc) is 2.39. The SMILES string of the molecule is CCCC1CN(CCOC)C(C)CCN1. The van der Waals surface area contributed by atoms with Crippen LogP contribution in [0.25, 0.3) is 0 Å². The minimum absolute atomic E-state index is 0.678. The van der Waals surface area contributed by atoms with Crippen LogP contribution < -0.4 is 5.32 Å². The van der Waals surface area contributed by atoms with E-state index in [1.54, 1.807) is 7.11 Å². The van der Waals surface area contributed by atoms with Crippen LogP contribution in [0.3, 0.4) is 0 Å². The van der Waals surface area contributed by atoms with Crippen molar-refractivity contribution in [1.29, 1.82) is 0 Å². The zero-order valence-corrected chi connectivity index (χ0v) is 10.5. The third-order valence-electron chi connectivity index (χ3n) is 3.29. The van der Waals surface area contributed by atoms with Crippen molar-refractivity contribution in [2.45, 2.75) is 45.2 Å². The standard InChI is InChI=1S/C12H26N2O/c1-4-5-12-10-14(8-9-15-3)11(2)6-7-13-12/h11-13H,4-10H2,1-3H3. The Kier molecular flexibility index (Phi) is 6.22. The molecule has 15 heavy (non-hydrogen) atoms. The van der Waals surface area contributed by atoms with E-state index in [1.807, 2.05) is 0 Å². The molecule has 0 saturated carbocycles. The second kappa shape index (κ2) is 7.20. The summed E-state index contributed by atoms with van der Waals surface area (Å²) >= 11 is 0. The second-order valence-electron chi connectivity index (χ2n) is 4.57. The zero-order valence-electron chi connectivity index (χ0n) is 10.5. The third-order valence-corrected chi connectivity index (χ3v) is 3.29. The van der Waals surface area contributed by atoms with E-state index in [1.165, 1.54) is 25.8 Å². The summed E-state index contributed by atoms with van der Waals surface area (Å²) in [6.45, 7) is 8.84. The van der Waals surface area contributed by atoms with Gasteiger partial charge in [-0.05, 0) is 26.3 Å². The molecule has 2 unspecified atom stereocenters.